The normalized spacial score (nSPS) is 21.6. The minimum Gasteiger partial charge on any atom is -0.480 e. The van der Waals surface area contributed by atoms with Crippen molar-refractivity contribution in [3.05, 3.63) is 27.4 Å². The fraction of sp³-hybridized carbons (Fsp3) is 0.538. The van der Waals surface area contributed by atoms with E-state index in [0.717, 1.165) is 4.90 Å². The first-order valence-corrected chi connectivity index (χ1v) is 6.56. The molecule has 0 unspecified atom stereocenters. The number of aromatic nitrogens is 2. The van der Waals surface area contributed by atoms with Crippen molar-refractivity contribution in [2.45, 2.75) is 38.8 Å². The molecule has 1 aromatic rings. The van der Waals surface area contributed by atoms with E-state index in [9.17, 15) is 19.5 Å². The van der Waals surface area contributed by atoms with Crippen LogP contribution < -0.4 is 5.69 Å². The van der Waals surface area contributed by atoms with E-state index < -0.39 is 29.7 Å². The van der Waals surface area contributed by atoms with Crippen molar-refractivity contribution in [1.29, 1.82) is 0 Å². The molecule has 0 bridgehead atoms. The molecule has 2 rings (SSSR count). The van der Waals surface area contributed by atoms with Gasteiger partial charge in [0.1, 0.15) is 6.04 Å². The van der Waals surface area contributed by atoms with Gasteiger partial charge in [-0.15, -0.1) is 0 Å². The zero-order valence-electron chi connectivity index (χ0n) is 11.8. The van der Waals surface area contributed by atoms with Crippen LogP contribution in [0.1, 0.15) is 23.4 Å². The van der Waals surface area contributed by atoms with E-state index in [1.807, 2.05) is 0 Å². The number of nitrogens with one attached hydrogen (secondary N) is 1. The zero-order valence-corrected chi connectivity index (χ0v) is 11.8. The average molecular weight is 295 g/mol. The van der Waals surface area contributed by atoms with Crippen molar-refractivity contribution in [2.75, 3.05) is 6.54 Å². The lowest BCUT2D eigenvalue weighted by Gasteiger charge is -2.21. The van der Waals surface area contributed by atoms with E-state index in [0.29, 0.717) is 17.0 Å². The topological polar surface area (TPSA) is 124 Å². The van der Waals surface area contributed by atoms with Crippen LogP contribution in [0.25, 0.3) is 0 Å². The summed E-state index contributed by atoms with van der Waals surface area (Å²) in [6.07, 6.45) is -0.855. The van der Waals surface area contributed by atoms with Gasteiger partial charge in [-0.05, 0) is 13.8 Å². The molecule has 8 heteroatoms. The average Bonchev–Trinajstić information content (AvgIpc) is 2.76. The molecule has 2 heterocycles. The van der Waals surface area contributed by atoms with Gasteiger partial charge in [-0.1, -0.05) is 0 Å². The van der Waals surface area contributed by atoms with Crippen molar-refractivity contribution < 1.29 is 19.8 Å². The van der Waals surface area contributed by atoms with Gasteiger partial charge in [0, 0.05) is 29.9 Å². The highest BCUT2D eigenvalue weighted by molar-refractivity contribution is 5.86. The summed E-state index contributed by atoms with van der Waals surface area (Å²) >= 11 is 0. The molecular formula is C13H17N3O5. The van der Waals surface area contributed by atoms with Crippen molar-refractivity contribution in [3.63, 3.8) is 0 Å². The van der Waals surface area contributed by atoms with E-state index in [2.05, 4.69) is 9.97 Å². The monoisotopic (exact) mass is 295 g/mol. The van der Waals surface area contributed by atoms with Crippen molar-refractivity contribution >= 4 is 11.9 Å². The van der Waals surface area contributed by atoms with Gasteiger partial charge in [0.05, 0.1) is 12.5 Å². The van der Waals surface area contributed by atoms with Gasteiger partial charge in [-0.25, -0.2) is 9.59 Å². The fourth-order valence-corrected chi connectivity index (χ4v) is 2.59. The maximum atomic E-state index is 12.3. The van der Waals surface area contributed by atoms with Crippen LogP contribution in [0.5, 0.6) is 0 Å². The number of H-pyrrole nitrogens is 1. The molecule has 8 nitrogen and oxygen atoms in total. The summed E-state index contributed by atoms with van der Waals surface area (Å²) in [5.74, 6) is -1.54. The van der Waals surface area contributed by atoms with Crippen LogP contribution in [-0.2, 0) is 16.0 Å². The molecule has 0 saturated carbocycles. The Morgan fingerprint density at radius 3 is 2.67 bits per heavy atom. The molecule has 1 saturated heterocycles. The van der Waals surface area contributed by atoms with Crippen LogP contribution >= 0.6 is 0 Å². The summed E-state index contributed by atoms with van der Waals surface area (Å²) in [5, 5.41) is 18.7. The van der Waals surface area contributed by atoms with Crippen LogP contribution in [0.2, 0.25) is 0 Å². The molecule has 1 aliphatic heterocycles. The molecular weight excluding hydrogens is 278 g/mol. The Balaban J connectivity index is 2.22. The van der Waals surface area contributed by atoms with Gasteiger partial charge in [0.15, 0.2) is 0 Å². The lowest BCUT2D eigenvalue weighted by Crippen LogP contribution is -2.41. The number of aliphatic hydroxyl groups excluding tert-OH is 1. The Kier molecular flexibility index (Phi) is 4.08. The molecule has 0 spiro atoms. The van der Waals surface area contributed by atoms with Gasteiger partial charge >= 0.3 is 11.7 Å². The Bertz CT molecular complexity index is 613. The van der Waals surface area contributed by atoms with E-state index in [1.165, 1.54) is 0 Å². The first kappa shape index (κ1) is 15.2. The van der Waals surface area contributed by atoms with Crippen LogP contribution in [0.4, 0.5) is 0 Å². The number of carboxylic acids is 1. The first-order chi connectivity index (χ1) is 9.79. The van der Waals surface area contributed by atoms with Crippen LogP contribution in [-0.4, -0.2) is 55.6 Å². The number of hydrogen-bond acceptors (Lipinski definition) is 5. The summed E-state index contributed by atoms with van der Waals surface area (Å²) in [4.78, 5) is 42.1. The third-order valence-electron chi connectivity index (χ3n) is 3.67. The number of carbonyl (C=O) groups is 2. The van der Waals surface area contributed by atoms with Gasteiger partial charge in [-0.2, -0.15) is 4.98 Å². The minimum atomic E-state index is -1.13. The van der Waals surface area contributed by atoms with E-state index in [4.69, 9.17) is 5.11 Å². The quantitative estimate of drug-likeness (QED) is 0.655. The molecule has 1 fully saturated rings. The number of carboxylic acid groups (broad SMARTS) is 1. The molecule has 1 aromatic heterocycles. The summed E-state index contributed by atoms with van der Waals surface area (Å²) in [7, 11) is 0. The summed E-state index contributed by atoms with van der Waals surface area (Å²) in [5.41, 5.74) is 1.06. The van der Waals surface area contributed by atoms with E-state index in [-0.39, 0.29) is 19.4 Å². The molecule has 114 valence electrons. The zero-order chi connectivity index (χ0) is 15.7. The second kappa shape index (κ2) is 5.65. The fourth-order valence-electron chi connectivity index (χ4n) is 2.59. The predicted octanol–water partition coefficient (Wildman–Crippen LogP) is -1.02. The highest BCUT2D eigenvalue weighted by Crippen LogP contribution is 2.20. The number of amides is 1. The lowest BCUT2D eigenvalue weighted by molar-refractivity contribution is -0.148. The summed E-state index contributed by atoms with van der Waals surface area (Å²) in [6.45, 7) is 3.29. The number of aliphatic carboxylic acids is 1. The number of aryl methyl sites for hydroxylation is 2. The molecule has 1 amide bonds. The molecule has 0 radical (unpaired) electrons. The maximum Gasteiger partial charge on any atom is 0.345 e. The van der Waals surface area contributed by atoms with Crippen molar-refractivity contribution in [2.24, 2.45) is 0 Å². The number of nitrogens with zero attached hydrogens (tertiary/aromatic N) is 2. The minimum absolute atomic E-state index is 0.00464. The van der Waals surface area contributed by atoms with Gasteiger partial charge in [0.25, 0.3) is 0 Å². The van der Waals surface area contributed by atoms with Crippen molar-refractivity contribution in [3.8, 4) is 0 Å². The van der Waals surface area contributed by atoms with Gasteiger partial charge in [0.2, 0.25) is 5.91 Å². The number of carbonyl (C=O) groups excluding carboxylic acids is 1. The largest absolute Gasteiger partial charge is 0.480 e. The van der Waals surface area contributed by atoms with Crippen LogP contribution in [0.15, 0.2) is 4.79 Å². The molecule has 3 N–H and O–H groups in total. The van der Waals surface area contributed by atoms with E-state index >= 15 is 0 Å². The summed E-state index contributed by atoms with van der Waals surface area (Å²) < 4.78 is 0. The third-order valence-corrected chi connectivity index (χ3v) is 3.67. The third kappa shape index (κ3) is 3.10. The number of aromatic amines is 1. The standard InChI is InChI=1S/C13H17N3O5/c1-6-9(7(2)15-13(21)14-6)4-11(18)16-5-8(17)3-10(16)12(19)20/h8,10,17H,3-5H2,1-2H3,(H,19,20)(H,14,15,21)/t8-,10-/m1/s1. The number of hydrogen-bond donors (Lipinski definition) is 3. The number of rotatable bonds is 3. The lowest BCUT2D eigenvalue weighted by atomic mass is 10.1. The molecule has 2 atom stereocenters. The first-order valence-electron chi connectivity index (χ1n) is 6.56. The summed E-state index contributed by atoms with van der Waals surface area (Å²) in [6, 6.07) is -1.01. The Hall–Kier alpha value is -2.22. The SMILES string of the molecule is Cc1nc(=O)[nH]c(C)c1CC(=O)N1C[C@H](O)C[C@@H]1C(=O)O. The second-order valence-electron chi connectivity index (χ2n) is 5.20. The Morgan fingerprint density at radius 2 is 2.10 bits per heavy atom. The van der Waals surface area contributed by atoms with E-state index in [1.54, 1.807) is 13.8 Å². The molecule has 0 aliphatic carbocycles. The molecule has 21 heavy (non-hydrogen) atoms. The number of β-amino-alcohol motifs (C(OH)–C–C–N with tert-alkyl or cyclic N) is 1. The van der Waals surface area contributed by atoms with Crippen LogP contribution in [0.3, 0.4) is 0 Å². The molecule has 0 aromatic carbocycles. The number of aliphatic hydroxyl groups is 1. The Labute approximate surface area is 120 Å². The van der Waals surface area contributed by atoms with Crippen molar-refractivity contribution in [1.82, 2.24) is 14.9 Å². The van der Waals surface area contributed by atoms with Gasteiger partial charge in [-0.3, -0.25) is 4.79 Å². The highest BCUT2D eigenvalue weighted by Gasteiger charge is 2.38. The predicted molar refractivity (Wildman–Crippen MR) is 71.8 cm³/mol. The van der Waals surface area contributed by atoms with Gasteiger partial charge < -0.3 is 20.1 Å². The maximum absolute atomic E-state index is 12.3. The number of likely N-dealkylation sites (tertiary alicyclic amines) is 1. The Morgan fingerprint density at radius 1 is 1.43 bits per heavy atom. The smallest absolute Gasteiger partial charge is 0.345 e. The molecule has 1 aliphatic rings. The second-order valence-corrected chi connectivity index (χ2v) is 5.20. The van der Waals surface area contributed by atoms with Crippen LogP contribution in [0, 0.1) is 13.8 Å². The highest BCUT2D eigenvalue weighted by atomic mass is 16.4.